The molecular weight excluding hydrogens is 584 g/mol. The van der Waals surface area contributed by atoms with Crippen LogP contribution in [0.5, 0.6) is 0 Å². The molecule has 0 saturated heterocycles. The average molecular weight is 601 g/mol. The van der Waals surface area contributed by atoms with Gasteiger partial charge >= 0.3 is 18.4 Å². The summed E-state index contributed by atoms with van der Waals surface area (Å²) in [4.78, 5) is 30.3. The highest BCUT2D eigenvalue weighted by atomic mass is 35.5. The maximum atomic E-state index is 14.2. The quantitative estimate of drug-likeness (QED) is 0.272. The highest BCUT2D eigenvalue weighted by Crippen LogP contribution is 2.52. The normalized spacial score (nSPS) is 20.2. The molecule has 0 spiro atoms. The zero-order chi connectivity index (χ0) is 29.1. The van der Waals surface area contributed by atoms with Crippen molar-refractivity contribution in [1.82, 2.24) is 4.90 Å². The number of rotatable bonds is 4. The van der Waals surface area contributed by atoms with Gasteiger partial charge in [-0.2, -0.15) is 26.3 Å². The van der Waals surface area contributed by atoms with Crippen molar-refractivity contribution in [2.45, 2.75) is 49.7 Å². The van der Waals surface area contributed by atoms with E-state index in [9.17, 15) is 40.3 Å². The molecule has 39 heavy (non-hydrogen) atoms. The zero-order valence-electron chi connectivity index (χ0n) is 19.9. The number of hydrogen-bond acceptors (Lipinski definition) is 5. The summed E-state index contributed by atoms with van der Waals surface area (Å²) in [6.07, 6.45) is -13.0. The van der Waals surface area contributed by atoms with Gasteiger partial charge in [-0.3, -0.25) is 4.79 Å². The van der Waals surface area contributed by atoms with Gasteiger partial charge in [0.05, 0.1) is 15.8 Å². The van der Waals surface area contributed by atoms with Crippen molar-refractivity contribution in [3.05, 3.63) is 68.4 Å². The lowest BCUT2D eigenvalue weighted by Gasteiger charge is -2.29. The molecule has 1 saturated carbocycles. The van der Waals surface area contributed by atoms with E-state index in [0.717, 1.165) is 19.2 Å². The third kappa shape index (κ3) is 5.02. The van der Waals surface area contributed by atoms with Crippen LogP contribution in [-0.4, -0.2) is 47.6 Å². The number of halogens is 9. The molecule has 2 aromatic rings. The van der Waals surface area contributed by atoms with Crippen molar-refractivity contribution in [1.29, 1.82) is 0 Å². The van der Waals surface area contributed by atoms with Gasteiger partial charge in [-0.1, -0.05) is 34.4 Å². The number of hydrogen-bond donors (Lipinski definition) is 0. The number of amides is 2. The Kier molecular flexibility index (Phi) is 7.08. The first-order chi connectivity index (χ1) is 17.9. The number of imide groups is 1. The van der Waals surface area contributed by atoms with Crippen LogP contribution >= 0.6 is 23.2 Å². The van der Waals surface area contributed by atoms with Crippen molar-refractivity contribution >= 4 is 40.9 Å². The van der Waals surface area contributed by atoms with Crippen LogP contribution in [0.25, 0.3) is 0 Å². The highest BCUT2D eigenvalue weighted by Gasteiger charge is 2.67. The molecule has 1 fully saturated rings. The predicted octanol–water partition coefficient (Wildman–Crippen LogP) is 7.33. The molecule has 2 aromatic carbocycles. The van der Waals surface area contributed by atoms with Crippen molar-refractivity contribution < 1.29 is 49.9 Å². The summed E-state index contributed by atoms with van der Waals surface area (Å²) in [7, 11) is 0.940. The SMILES string of the molecule is Cc1cc(C2=NOC(c3cc(Cl)c(F)c(Cl)c3)(C(F)(F)F)C2)ccc1C(=O)N(C)C(=O)OC1(C(F)(F)F)CC1. The van der Waals surface area contributed by atoms with Crippen LogP contribution in [0.2, 0.25) is 10.0 Å². The Hall–Kier alpha value is -3.06. The molecule has 4 rings (SSSR count). The predicted molar refractivity (Wildman–Crippen MR) is 124 cm³/mol. The van der Waals surface area contributed by atoms with Crippen LogP contribution in [-0.2, 0) is 15.2 Å². The Labute approximate surface area is 226 Å². The lowest BCUT2D eigenvalue weighted by molar-refractivity contribution is -0.275. The number of nitrogens with zero attached hydrogens (tertiary/aromatic N) is 2. The molecule has 6 nitrogen and oxygen atoms in total. The molecule has 1 aliphatic carbocycles. The van der Waals surface area contributed by atoms with Gasteiger partial charge in [-0.15, -0.1) is 0 Å². The van der Waals surface area contributed by atoms with E-state index < -0.39 is 76.2 Å². The molecular formula is C24H17Cl2F7N2O4. The lowest BCUT2D eigenvalue weighted by atomic mass is 9.86. The molecule has 1 aliphatic heterocycles. The van der Waals surface area contributed by atoms with E-state index >= 15 is 0 Å². The maximum Gasteiger partial charge on any atom is 0.435 e. The van der Waals surface area contributed by atoms with Crippen LogP contribution in [0.1, 0.15) is 46.3 Å². The fraction of sp³-hybridized carbons (Fsp3) is 0.375. The van der Waals surface area contributed by atoms with Gasteiger partial charge < -0.3 is 9.57 Å². The first kappa shape index (κ1) is 28.9. The first-order valence-corrected chi connectivity index (χ1v) is 11.8. The number of alkyl halides is 6. The molecule has 15 heteroatoms. The van der Waals surface area contributed by atoms with Gasteiger partial charge in [0.15, 0.2) is 5.82 Å². The van der Waals surface area contributed by atoms with E-state index in [2.05, 4.69) is 9.89 Å². The molecule has 210 valence electrons. The van der Waals surface area contributed by atoms with Crippen LogP contribution in [0.15, 0.2) is 35.5 Å². The third-order valence-corrected chi connectivity index (χ3v) is 7.06. The second kappa shape index (κ2) is 9.54. The van der Waals surface area contributed by atoms with Crippen molar-refractivity contribution in [2.24, 2.45) is 5.16 Å². The van der Waals surface area contributed by atoms with Gasteiger partial charge in [-0.05, 0) is 42.3 Å². The van der Waals surface area contributed by atoms with Crippen LogP contribution < -0.4 is 0 Å². The number of aryl methyl sites for hydroxylation is 1. The largest absolute Gasteiger partial charge is 0.435 e. The summed E-state index contributed by atoms with van der Waals surface area (Å²) >= 11 is 11.4. The molecule has 0 bridgehead atoms. The number of oxime groups is 1. The maximum absolute atomic E-state index is 14.2. The summed E-state index contributed by atoms with van der Waals surface area (Å²) in [6, 6.07) is 5.18. The molecule has 2 amide bonds. The number of benzene rings is 2. The van der Waals surface area contributed by atoms with Gasteiger partial charge in [0, 0.05) is 37.4 Å². The minimum Gasteiger partial charge on any atom is -0.433 e. The Morgan fingerprint density at radius 1 is 1.03 bits per heavy atom. The molecule has 0 N–H and O–H groups in total. The smallest absolute Gasteiger partial charge is 0.433 e. The summed E-state index contributed by atoms with van der Waals surface area (Å²) in [6.45, 7) is 1.40. The highest BCUT2D eigenvalue weighted by molar-refractivity contribution is 6.35. The fourth-order valence-corrected chi connectivity index (χ4v) is 4.47. The topological polar surface area (TPSA) is 68.2 Å². The zero-order valence-corrected chi connectivity index (χ0v) is 21.4. The second-order valence-corrected chi connectivity index (χ2v) is 9.95. The molecule has 0 aromatic heterocycles. The molecule has 2 aliphatic rings. The molecule has 1 unspecified atom stereocenters. The minimum absolute atomic E-state index is 0.117. The fourth-order valence-electron chi connectivity index (χ4n) is 3.99. The van der Waals surface area contributed by atoms with E-state index in [1.165, 1.54) is 25.1 Å². The van der Waals surface area contributed by atoms with Gasteiger partial charge in [-0.25, -0.2) is 14.1 Å². The van der Waals surface area contributed by atoms with E-state index in [1.54, 1.807) is 0 Å². The lowest BCUT2D eigenvalue weighted by Crippen LogP contribution is -2.42. The van der Waals surface area contributed by atoms with Gasteiger partial charge in [0.25, 0.3) is 11.5 Å². The second-order valence-electron chi connectivity index (χ2n) is 9.14. The first-order valence-electron chi connectivity index (χ1n) is 11.1. The monoisotopic (exact) mass is 600 g/mol. The van der Waals surface area contributed by atoms with E-state index in [0.29, 0.717) is 4.90 Å². The van der Waals surface area contributed by atoms with E-state index in [-0.39, 0.29) is 22.4 Å². The Balaban J connectivity index is 1.56. The Morgan fingerprint density at radius 2 is 1.62 bits per heavy atom. The van der Waals surface area contributed by atoms with Gasteiger partial charge in [0.2, 0.25) is 5.60 Å². The Morgan fingerprint density at radius 3 is 2.10 bits per heavy atom. The number of carbonyl (C=O) groups excluding carboxylic acids is 2. The third-order valence-electron chi connectivity index (χ3n) is 6.51. The summed E-state index contributed by atoms with van der Waals surface area (Å²) in [5.41, 5.74) is -6.24. The van der Waals surface area contributed by atoms with Crippen molar-refractivity contribution in [3.63, 3.8) is 0 Å². The summed E-state index contributed by atoms with van der Waals surface area (Å²) in [5, 5.41) is 2.27. The van der Waals surface area contributed by atoms with Crippen molar-refractivity contribution in [3.8, 4) is 0 Å². The Bertz CT molecular complexity index is 1370. The van der Waals surface area contributed by atoms with Crippen LogP contribution in [0.3, 0.4) is 0 Å². The molecule has 0 radical (unpaired) electrons. The van der Waals surface area contributed by atoms with E-state index in [4.69, 9.17) is 28.0 Å². The molecule has 1 heterocycles. The van der Waals surface area contributed by atoms with Gasteiger partial charge in [0.1, 0.15) is 0 Å². The van der Waals surface area contributed by atoms with E-state index in [1.807, 2.05) is 0 Å². The number of ether oxygens (including phenoxy) is 1. The number of carbonyl (C=O) groups is 2. The van der Waals surface area contributed by atoms with Crippen LogP contribution in [0.4, 0.5) is 35.5 Å². The standard InChI is InChI=1S/C24H17Cl2F7N2O4/c1-11-7-12(3-4-14(11)19(36)35(2)20(37)38-21(5-6-21)23(28,29)30)17-10-22(39-34-17,24(31,32)33)13-8-15(25)18(27)16(26)9-13/h3-4,7-9H,5-6,10H2,1-2H3. The molecule has 1 atom stereocenters. The minimum atomic E-state index is -5.04. The average Bonchev–Trinajstić information content (AvgIpc) is 3.48. The summed E-state index contributed by atoms with van der Waals surface area (Å²) < 4.78 is 100. The van der Waals surface area contributed by atoms with Crippen molar-refractivity contribution in [2.75, 3.05) is 7.05 Å². The summed E-state index contributed by atoms with van der Waals surface area (Å²) in [5.74, 6) is -2.10. The van der Waals surface area contributed by atoms with Crippen LogP contribution in [0, 0.1) is 12.7 Å².